The number of hydrogen-bond acceptors (Lipinski definition) is 1. The van der Waals surface area contributed by atoms with Gasteiger partial charge in [-0.2, -0.15) is 0 Å². The Bertz CT molecular complexity index is 510. The molecule has 1 atom stereocenters. The van der Waals surface area contributed by atoms with Crippen molar-refractivity contribution in [1.82, 2.24) is 0 Å². The third kappa shape index (κ3) is 2.52. The van der Waals surface area contributed by atoms with E-state index in [-0.39, 0.29) is 4.83 Å². The molecule has 0 aliphatic heterocycles. The van der Waals surface area contributed by atoms with Crippen LogP contribution < -0.4 is 0 Å². The highest BCUT2D eigenvalue weighted by Gasteiger charge is 2.16. The maximum Gasteiger partial charge on any atom is 0.130 e. The van der Waals surface area contributed by atoms with Crippen LogP contribution in [0.4, 0.5) is 8.78 Å². The maximum absolute atomic E-state index is 13.5. The van der Waals surface area contributed by atoms with E-state index in [9.17, 15) is 8.78 Å². The fraction of sp³-hybridized carbons (Fsp3) is 0.0909. The van der Waals surface area contributed by atoms with E-state index in [0.717, 1.165) is 14.7 Å². The summed E-state index contributed by atoms with van der Waals surface area (Å²) >= 11 is 8.27. The van der Waals surface area contributed by atoms with Gasteiger partial charge in [-0.1, -0.05) is 22.0 Å². The van der Waals surface area contributed by atoms with Crippen molar-refractivity contribution in [2.45, 2.75) is 4.83 Å². The Kier molecular flexibility index (Phi) is 3.77. The molecular weight excluding hydrogens is 362 g/mol. The predicted molar refractivity (Wildman–Crippen MR) is 69.1 cm³/mol. The first-order valence-electron chi connectivity index (χ1n) is 4.42. The van der Waals surface area contributed by atoms with Gasteiger partial charge in [0.15, 0.2) is 0 Å². The van der Waals surface area contributed by atoms with Gasteiger partial charge >= 0.3 is 0 Å². The number of benzene rings is 1. The van der Waals surface area contributed by atoms with E-state index in [0.29, 0.717) is 5.56 Å². The summed E-state index contributed by atoms with van der Waals surface area (Å²) in [5.41, 5.74) is 0.441. The molecule has 0 N–H and O–H groups in total. The quantitative estimate of drug-likeness (QED) is 0.634. The van der Waals surface area contributed by atoms with E-state index in [1.54, 1.807) is 0 Å². The van der Waals surface area contributed by atoms with Crippen LogP contribution >= 0.6 is 43.2 Å². The molecule has 2 aromatic rings. The van der Waals surface area contributed by atoms with E-state index in [2.05, 4.69) is 31.9 Å². The topological polar surface area (TPSA) is 0 Å². The van der Waals surface area contributed by atoms with Crippen molar-refractivity contribution >= 4 is 43.2 Å². The number of thiophene rings is 1. The van der Waals surface area contributed by atoms with Crippen LogP contribution in [-0.4, -0.2) is 0 Å². The number of halogens is 4. The smallest absolute Gasteiger partial charge is 0.130 e. The van der Waals surface area contributed by atoms with Gasteiger partial charge in [-0.3, -0.25) is 0 Å². The van der Waals surface area contributed by atoms with Crippen molar-refractivity contribution in [1.29, 1.82) is 0 Å². The molecule has 1 unspecified atom stereocenters. The summed E-state index contributed by atoms with van der Waals surface area (Å²) in [5.74, 6) is -1.10. The first-order chi connectivity index (χ1) is 7.58. The lowest BCUT2D eigenvalue weighted by molar-refractivity contribution is 0.574. The predicted octanol–water partition coefficient (Wildman–Crippen LogP) is 5.27. The van der Waals surface area contributed by atoms with Gasteiger partial charge in [-0.05, 0) is 34.1 Å². The number of hydrogen-bond donors (Lipinski definition) is 0. The number of alkyl halides is 1. The lowest BCUT2D eigenvalue weighted by atomic mass is 10.1. The summed E-state index contributed by atoms with van der Waals surface area (Å²) in [6.45, 7) is 0. The number of rotatable bonds is 2. The van der Waals surface area contributed by atoms with Crippen molar-refractivity contribution < 1.29 is 8.78 Å². The van der Waals surface area contributed by atoms with Crippen LogP contribution in [0.5, 0.6) is 0 Å². The Morgan fingerprint density at radius 3 is 2.44 bits per heavy atom. The first-order valence-corrected chi connectivity index (χ1v) is 6.94. The monoisotopic (exact) mass is 366 g/mol. The zero-order chi connectivity index (χ0) is 11.7. The van der Waals surface area contributed by atoms with Crippen molar-refractivity contribution in [3.63, 3.8) is 0 Å². The van der Waals surface area contributed by atoms with Gasteiger partial charge in [0.2, 0.25) is 0 Å². The van der Waals surface area contributed by atoms with E-state index in [1.165, 1.54) is 23.5 Å². The molecule has 0 aliphatic rings. The Morgan fingerprint density at radius 1 is 1.12 bits per heavy atom. The third-order valence-electron chi connectivity index (χ3n) is 2.08. The highest BCUT2D eigenvalue weighted by Crippen LogP contribution is 2.37. The second kappa shape index (κ2) is 4.94. The van der Waals surface area contributed by atoms with Crippen LogP contribution in [-0.2, 0) is 0 Å². The fourth-order valence-electron chi connectivity index (χ4n) is 1.32. The van der Waals surface area contributed by atoms with Gasteiger partial charge in [0.25, 0.3) is 0 Å². The molecule has 0 bridgehead atoms. The highest BCUT2D eigenvalue weighted by molar-refractivity contribution is 9.11. The van der Waals surface area contributed by atoms with Gasteiger partial charge < -0.3 is 0 Å². The molecule has 0 radical (unpaired) electrons. The van der Waals surface area contributed by atoms with E-state index >= 15 is 0 Å². The molecule has 1 heterocycles. The minimum absolute atomic E-state index is 0.246. The van der Waals surface area contributed by atoms with Crippen LogP contribution in [0, 0.1) is 11.6 Å². The highest BCUT2D eigenvalue weighted by atomic mass is 79.9. The van der Waals surface area contributed by atoms with Gasteiger partial charge in [0, 0.05) is 16.5 Å². The molecule has 0 saturated carbocycles. The van der Waals surface area contributed by atoms with E-state index < -0.39 is 11.6 Å². The molecule has 2 rings (SSSR count). The Morgan fingerprint density at radius 2 is 1.88 bits per heavy atom. The minimum atomic E-state index is -0.562. The zero-order valence-corrected chi connectivity index (χ0v) is 11.9. The largest absolute Gasteiger partial charge is 0.207 e. The SMILES string of the molecule is Fc1ccc(C(Br)c2ccc(Br)s2)c(F)c1. The molecular formula is C11H6Br2F2S. The Hall–Kier alpha value is -0.260. The van der Waals surface area contributed by atoms with Crippen LogP contribution in [0.15, 0.2) is 34.1 Å². The molecule has 1 aromatic heterocycles. The molecule has 16 heavy (non-hydrogen) atoms. The Balaban J connectivity index is 2.37. The lowest BCUT2D eigenvalue weighted by Crippen LogP contribution is -1.95. The molecule has 0 nitrogen and oxygen atoms in total. The molecule has 0 fully saturated rings. The van der Waals surface area contributed by atoms with Crippen molar-refractivity contribution in [3.8, 4) is 0 Å². The molecule has 0 saturated heterocycles. The average molecular weight is 368 g/mol. The molecule has 0 spiro atoms. The lowest BCUT2D eigenvalue weighted by Gasteiger charge is -2.09. The summed E-state index contributed by atoms with van der Waals surface area (Å²) in [4.78, 5) is 0.724. The maximum atomic E-state index is 13.5. The van der Waals surface area contributed by atoms with E-state index in [1.807, 2.05) is 12.1 Å². The average Bonchev–Trinajstić information content (AvgIpc) is 2.64. The second-order valence-corrected chi connectivity index (χ2v) is 6.58. The standard InChI is InChI=1S/C11H6Br2F2S/c12-10-4-3-9(16-10)11(13)7-2-1-6(14)5-8(7)15/h1-5,11H. The third-order valence-corrected chi connectivity index (χ3v) is 5.06. The normalized spacial score (nSPS) is 12.8. The van der Waals surface area contributed by atoms with Crippen LogP contribution in [0.1, 0.15) is 15.3 Å². The van der Waals surface area contributed by atoms with Crippen molar-refractivity contribution in [2.75, 3.05) is 0 Å². The van der Waals surface area contributed by atoms with Crippen LogP contribution in [0.25, 0.3) is 0 Å². The second-order valence-electron chi connectivity index (χ2n) is 3.17. The Labute approximate surface area is 113 Å². The van der Waals surface area contributed by atoms with Gasteiger partial charge in [0.05, 0.1) is 8.61 Å². The van der Waals surface area contributed by atoms with Gasteiger partial charge in [-0.15, -0.1) is 11.3 Å². The van der Waals surface area contributed by atoms with Crippen molar-refractivity contribution in [2.24, 2.45) is 0 Å². The summed E-state index contributed by atoms with van der Waals surface area (Å²) in [6.07, 6.45) is 0. The summed E-state index contributed by atoms with van der Waals surface area (Å²) < 4.78 is 27.3. The zero-order valence-electron chi connectivity index (χ0n) is 7.88. The van der Waals surface area contributed by atoms with Crippen molar-refractivity contribution in [3.05, 3.63) is 56.2 Å². The van der Waals surface area contributed by atoms with Gasteiger partial charge in [-0.25, -0.2) is 8.78 Å². The van der Waals surface area contributed by atoms with Crippen LogP contribution in [0.3, 0.4) is 0 Å². The minimum Gasteiger partial charge on any atom is -0.207 e. The molecule has 84 valence electrons. The summed E-state index contributed by atoms with van der Waals surface area (Å²) in [7, 11) is 0. The molecule has 5 heteroatoms. The molecule has 1 aromatic carbocycles. The van der Waals surface area contributed by atoms with Gasteiger partial charge in [0.1, 0.15) is 11.6 Å². The summed E-state index contributed by atoms with van der Waals surface area (Å²) in [6, 6.07) is 7.41. The molecule has 0 amide bonds. The van der Waals surface area contributed by atoms with Crippen LogP contribution in [0.2, 0.25) is 0 Å². The summed E-state index contributed by atoms with van der Waals surface area (Å²) in [5, 5.41) is 0. The fourth-order valence-corrected chi connectivity index (χ4v) is 3.55. The first kappa shape index (κ1) is 12.2. The van der Waals surface area contributed by atoms with E-state index in [4.69, 9.17) is 0 Å². The molecule has 0 aliphatic carbocycles.